The summed E-state index contributed by atoms with van der Waals surface area (Å²) in [7, 11) is -1.83. The number of amides is 1. The highest BCUT2D eigenvalue weighted by molar-refractivity contribution is 7.86. The molecule has 2 heterocycles. The molecule has 33 heavy (non-hydrogen) atoms. The molecule has 2 fully saturated rings. The van der Waals surface area contributed by atoms with E-state index < -0.39 is 10.2 Å². The second-order valence-corrected chi connectivity index (χ2v) is 10.5. The average molecular weight is 478 g/mol. The number of piperazine rings is 1. The van der Waals surface area contributed by atoms with Crippen molar-refractivity contribution in [3.63, 3.8) is 0 Å². The molecule has 11 heteroatoms. The van der Waals surface area contributed by atoms with Crippen LogP contribution in [0.1, 0.15) is 54.2 Å². The van der Waals surface area contributed by atoms with Crippen molar-refractivity contribution in [2.75, 3.05) is 33.2 Å². The Morgan fingerprint density at radius 3 is 2.39 bits per heavy atom. The number of rotatable bonds is 7. The summed E-state index contributed by atoms with van der Waals surface area (Å²) in [4.78, 5) is 18.7. The third kappa shape index (κ3) is 5.53. The molecule has 1 aromatic carbocycles. The van der Waals surface area contributed by atoms with Crippen molar-refractivity contribution in [1.82, 2.24) is 23.7 Å². The Bertz CT molecular complexity index is 1040. The van der Waals surface area contributed by atoms with E-state index in [0.29, 0.717) is 49.2 Å². The molecule has 2 aliphatic rings. The minimum absolute atomic E-state index is 0.0771. The number of nitrogens with zero attached hydrogens (tertiary/aromatic N) is 5. The smallest absolute Gasteiger partial charge is 0.282 e. The van der Waals surface area contributed by atoms with E-state index in [1.54, 1.807) is 43.1 Å². The zero-order valence-electron chi connectivity index (χ0n) is 19.1. The molecule has 0 radical (unpaired) electrons. The van der Waals surface area contributed by atoms with Crippen molar-refractivity contribution in [2.45, 2.75) is 51.7 Å². The molecular formula is C22H31N5O5S. The van der Waals surface area contributed by atoms with Crippen molar-refractivity contribution < 1.29 is 22.5 Å². The highest BCUT2D eigenvalue weighted by Gasteiger charge is 2.35. The summed E-state index contributed by atoms with van der Waals surface area (Å²) < 4.78 is 39.7. The van der Waals surface area contributed by atoms with Gasteiger partial charge in [-0.3, -0.25) is 4.79 Å². The van der Waals surface area contributed by atoms with Crippen LogP contribution in [0.4, 0.5) is 0 Å². The molecule has 2 aromatic rings. The van der Waals surface area contributed by atoms with Crippen LogP contribution >= 0.6 is 0 Å². The van der Waals surface area contributed by atoms with Gasteiger partial charge in [0, 0.05) is 51.8 Å². The fourth-order valence-electron chi connectivity index (χ4n) is 4.36. The van der Waals surface area contributed by atoms with Crippen molar-refractivity contribution in [3.8, 4) is 5.75 Å². The number of hydrogen-bond acceptors (Lipinski definition) is 7. The van der Waals surface area contributed by atoms with E-state index in [4.69, 9.17) is 9.26 Å². The van der Waals surface area contributed by atoms with Gasteiger partial charge in [0.15, 0.2) is 6.61 Å². The van der Waals surface area contributed by atoms with E-state index in [9.17, 15) is 13.2 Å². The maximum Gasteiger partial charge on any atom is 0.282 e. The topological polar surface area (TPSA) is 109 Å². The molecule has 1 amide bonds. The third-order valence-electron chi connectivity index (χ3n) is 6.34. The Morgan fingerprint density at radius 2 is 1.79 bits per heavy atom. The summed E-state index contributed by atoms with van der Waals surface area (Å²) >= 11 is 0. The fraction of sp³-hybridized carbons (Fsp3) is 0.591. The first-order valence-corrected chi connectivity index (χ1v) is 12.8. The highest BCUT2D eigenvalue weighted by Crippen LogP contribution is 2.25. The van der Waals surface area contributed by atoms with E-state index in [-0.39, 0.29) is 18.6 Å². The van der Waals surface area contributed by atoms with Gasteiger partial charge in [-0.2, -0.15) is 22.0 Å². The molecule has 0 unspecified atom stereocenters. The Labute approximate surface area is 194 Å². The number of aromatic nitrogens is 2. The van der Waals surface area contributed by atoms with Crippen LogP contribution in [0, 0.1) is 6.92 Å². The number of aryl methyl sites for hydroxylation is 1. The van der Waals surface area contributed by atoms with Crippen LogP contribution in [0.25, 0.3) is 0 Å². The van der Waals surface area contributed by atoms with Gasteiger partial charge in [0.2, 0.25) is 11.7 Å². The number of benzene rings is 1. The maximum absolute atomic E-state index is 13.1. The lowest BCUT2D eigenvalue weighted by atomic mass is 9.96. The van der Waals surface area contributed by atoms with Gasteiger partial charge >= 0.3 is 0 Å². The minimum Gasteiger partial charge on any atom is -0.485 e. The molecule has 1 saturated heterocycles. The van der Waals surface area contributed by atoms with Gasteiger partial charge in [0.25, 0.3) is 16.1 Å². The monoisotopic (exact) mass is 477 g/mol. The predicted molar refractivity (Wildman–Crippen MR) is 121 cm³/mol. The summed E-state index contributed by atoms with van der Waals surface area (Å²) in [5, 5.41) is 3.78. The van der Waals surface area contributed by atoms with E-state index in [0.717, 1.165) is 25.7 Å². The van der Waals surface area contributed by atoms with Crippen molar-refractivity contribution >= 4 is 16.1 Å². The molecule has 1 saturated carbocycles. The maximum atomic E-state index is 13.1. The third-order valence-corrected chi connectivity index (χ3v) is 8.39. The van der Waals surface area contributed by atoms with Gasteiger partial charge in [-0.1, -0.05) is 24.4 Å². The second-order valence-electron chi connectivity index (χ2n) is 8.55. The Kier molecular flexibility index (Phi) is 7.30. The molecule has 0 atom stereocenters. The van der Waals surface area contributed by atoms with Crippen molar-refractivity contribution in [1.29, 1.82) is 0 Å². The van der Waals surface area contributed by atoms with Gasteiger partial charge in [-0.05, 0) is 37.1 Å². The van der Waals surface area contributed by atoms with Gasteiger partial charge in [0.1, 0.15) is 5.75 Å². The highest BCUT2D eigenvalue weighted by atomic mass is 32.2. The van der Waals surface area contributed by atoms with E-state index in [1.807, 2.05) is 0 Å². The first kappa shape index (κ1) is 23.7. The first-order chi connectivity index (χ1) is 15.8. The molecule has 4 rings (SSSR count). The Balaban J connectivity index is 1.29. The van der Waals surface area contributed by atoms with Crippen LogP contribution in [0.5, 0.6) is 5.75 Å². The molecular weight excluding hydrogens is 446 g/mol. The van der Waals surface area contributed by atoms with Crippen LogP contribution in [0.15, 0.2) is 28.8 Å². The summed E-state index contributed by atoms with van der Waals surface area (Å²) in [6.07, 6.45) is 5.17. The molecule has 1 aliphatic carbocycles. The van der Waals surface area contributed by atoms with Crippen LogP contribution in [0.2, 0.25) is 0 Å². The van der Waals surface area contributed by atoms with Gasteiger partial charge < -0.3 is 14.2 Å². The standard InChI is InChI=1S/C22H31N5O5S/c1-17-23-21(24-32-17)16-31-20-10-8-18(9-11-20)22(28)26-12-14-27(15-13-26)33(29,30)25(2)19-6-4-3-5-7-19/h8-11,19H,3-7,12-16H2,1-2H3. The molecule has 0 spiro atoms. The predicted octanol–water partition coefficient (Wildman–Crippen LogP) is 2.22. The molecule has 1 aromatic heterocycles. The lowest BCUT2D eigenvalue weighted by Gasteiger charge is -2.38. The average Bonchev–Trinajstić information content (AvgIpc) is 3.27. The van der Waals surface area contributed by atoms with Crippen LogP contribution in [-0.4, -0.2) is 77.2 Å². The zero-order valence-corrected chi connectivity index (χ0v) is 20.0. The number of carbonyl (C=O) groups is 1. The van der Waals surface area contributed by atoms with Crippen molar-refractivity contribution in [3.05, 3.63) is 41.5 Å². The fourth-order valence-corrected chi connectivity index (χ4v) is 5.94. The molecule has 10 nitrogen and oxygen atoms in total. The molecule has 1 aliphatic heterocycles. The normalized spacial score (nSPS) is 18.6. The SMILES string of the molecule is Cc1nc(COc2ccc(C(=O)N3CCN(S(=O)(=O)N(C)C4CCCCC4)CC3)cc2)no1. The number of carbonyl (C=O) groups excluding carboxylic acids is 1. The number of ether oxygens (including phenoxy) is 1. The Hall–Kier alpha value is -2.50. The summed E-state index contributed by atoms with van der Waals surface area (Å²) in [6, 6.07) is 6.94. The van der Waals surface area contributed by atoms with Gasteiger partial charge in [-0.25, -0.2) is 0 Å². The van der Waals surface area contributed by atoms with Crippen LogP contribution in [-0.2, 0) is 16.8 Å². The van der Waals surface area contributed by atoms with Gasteiger partial charge in [-0.15, -0.1) is 0 Å². The van der Waals surface area contributed by atoms with Crippen LogP contribution in [0.3, 0.4) is 0 Å². The van der Waals surface area contributed by atoms with E-state index in [1.165, 1.54) is 15.0 Å². The summed E-state index contributed by atoms with van der Waals surface area (Å²) in [5.74, 6) is 1.40. The zero-order chi connectivity index (χ0) is 23.4. The summed E-state index contributed by atoms with van der Waals surface area (Å²) in [6.45, 7) is 3.22. The number of hydrogen-bond donors (Lipinski definition) is 0. The molecule has 180 valence electrons. The van der Waals surface area contributed by atoms with Crippen molar-refractivity contribution in [2.24, 2.45) is 0 Å². The minimum atomic E-state index is -3.51. The Morgan fingerprint density at radius 1 is 1.12 bits per heavy atom. The molecule has 0 bridgehead atoms. The van der Waals surface area contributed by atoms with Crippen LogP contribution < -0.4 is 4.74 Å². The molecule has 0 N–H and O–H groups in total. The first-order valence-electron chi connectivity index (χ1n) is 11.4. The second kappa shape index (κ2) is 10.2. The van der Waals surface area contributed by atoms with Gasteiger partial charge in [0.05, 0.1) is 0 Å². The summed E-state index contributed by atoms with van der Waals surface area (Å²) in [5.41, 5.74) is 0.536. The largest absolute Gasteiger partial charge is 0.485 e. The van der Waals surface area contributed by atoms with E-state index >= 15 is 0 Å². The van der Waals surface area contributed by atoms with E-state index in [2.05, 4.69) is 10.1 Å². The lowest BCUT2D eigenvalue weighted by molar-refractivity contribution is 0.0693. The lowest BCUT2D eigenvalue weighted by Crippen LogP contribution is -2.55. The quantitative estimate of drug-likeness (QED) is 0.601.